The third-order valence-corrected chi connectivity index (χ3v) is 9.46. The van der Waals surface area contributed by atoms with E-state index in [1.807, 2.05) is 52.3 Å². The molecule has 3 aliphatic rings. The minimum Gasteiger partial charge on any atom is -0.338 e. The minimum absolute atomic E-state index is 0.00979. The maximum Gasteiger partial charge on any atom is 0.260 e. The van der Waals surface area contributed by atoms with Gasteiger partial charge in [-0.3, -0.25) is 9.59 Å². The van der Waals surface area contributed by atoms with E-state index in [9.17, 15) is 14.0 Å². The second-order valence-electron chi connectivity index (χ2n) is 10.5. The molecule has 1 aliphatic carbocycles. The van der Waals surface area contributed by atoms with Crippen molar-refractivity contribution in [3.8, 4) is 0 Å². The second-order valence-corrected chi connectivity index (χ2v) is 11.8. The third kappa shape index (κ3) is 5.14. The summed E-state index contributed by atoms with van der Waals surface area (Å²) in [6.45, 7) is 1.82. The van der Waals surface area contributed by atoms with Crippen molar-refractivity contribution in [3.63, 3.8) is 0 Å². The van der Waals surface area contributed by atoms with Crippen LogP contribution in [0.25, 0.3) is 6.08 Å². The number of rotatable bonds is 4. The SMILES string of the molecule is O=C(C1CCC2S/C(=C\c3ccccc3)C(=O)N(Cc3ccc(F)cc3)C2C1)N1CCc2ccccc2C1. The molecule has 6 heteroatoms. The van der Waals surface area contributed by atoms with Crippen LogP contribution >= 0.6 is 11.8 Å². The highest BCUT2D eigenvalue weighted by Gasteiger charge is 2.45. The van der Waals surface area contributed by atoms with Crippen molar-refractivity contribution in [1.82, 2.24) is 9.80 Å². The van der Waals surface area contributed by atoms with Crippen LogP contribution in [0, 0.1) is 11.7 Å². The van der Waals surface area contributed by atoms with Crippen LogP contribution in [-0.2, 0) is 29.1 Å². The number of benzene rings is 3. The summed E-state index contributed by atoms with van der Waals surface area (Å²) in [6.07, 6.45) is 5.25. The van der Waals surface area contributed by atoms with E-state index in [1.54, 1.807) is 23.9 Å². The summed E-state index contributed by atoms with van der Waals surface area (Å²) in [5.41, 5.74) is 4.46. The van der Waals surface area contributed by atoms with Crippen LogP contribution in [-0.4, -0.2) is 39.5 Å². The summed E-state index contributed by atoms with van der Waals surface area (Å²) in [4.78, 5) is 32.2. The molecule has 1 saturated carbocycles. The van der Waals surface area contributed by atoms with Crippen LogP contribution in [0.2, 0.25) is 0 Å². The van der Waals surface area contributed by atoms with Crippen molar-refractivity contribution in [2.75, 3.05) is 6.54 Å². The first kappa shape index (κ1) is 24.9. The third-order valence-electron chi connectivity index (χ3n) is 8.06. The van der Waals surface area contributed by atoms with E-state index in [0.29, 0.717) is 19.5 Å². The molecule has 194 valence electrons. The summed E-state index contributed by atoms with van der Waals surface area (Å²) >= 11 is 1.66. The summed E-state index contributed by atoms with van der Waals surface area (Å²) < 4.78 is 13.6. The number of halogens is 1. The number of thioether (sulfide) groups is 1. The van der Waals surface area contributed by atoms with Gasteiger partial charge in [0, 0.05) is 36.8 Å². The Morgan fingerprint density at radius 3 is 2.47 bits per heavy atom. The molecule has 0 bridgehead atoms. The Kier molecular flexibility index (Phi) is 7.07. The summed E-state index contributed by atoms with van der Waals surface area (Å²) in [7, 11) is 0. The lowest BCUT2D eigenvalue weighted by Gasteiger charge is -2.46. The first-order valence-corrected chi connectivity index (χ1v) is 14.3. The zero-order chi connectivity index (χ0) is 26.1. The summed E-state index contributed by atoms with van der Waals surface area (Å²) in [5, 5.41) is 0.231. The van der Waals surface area contributed by atoms with Crippen molar-refractivity contribution >= 4 is 29.7 Å². The molecule has 0 aromatic heterocycles. The highest BCUT2D eigenvalue weighted by molar-refractivity contribution is 8.04. The summed E-state index contributed by atoms with van der Waals surface area (Å²) in [5.74, 6) is -0.180. The monoisotopic (exact) mass is 526 g/mol. The van der Waals surface area contributed by atoms with Crippen LogP contribution in [0.5, 0.6) is 0 Å². The van der Waals surface area contributed by atoms with Crippen LogP contribution in [0.1, 0.15) is 41.5 Å². The molecular weight excluding hydrogens is 495 g/mol. The van der Waals surface area contributed by atoms with Gasteiger partial charge in [-0.05, 0) is 66.1 Å². The van der Waals surface area contributed by atoms with Gasteiger partial charge in [0.05, 0.1) is 4.91 Å². The number of hydrogen-bond donors (Lipinski definition) is 0. The van der Waals surface area contributed by atoms with Gasteiger partial charge < -0.3 is 9.80 Å². The number of nitrogens with zero attached hydrogens (tertiary/aromatic N) is 2. The lowest BCUT2D eigenvalue weighted by Crippen LogP contribution is -2.54. The maximum atomic E-state index is 13.8. The minimum atomic E-state index is -0.289. The van der Waals surface area contributed by atoms with E-state index < -0.39 is 0 Å². The van der Waals surface area contributed by atoms with E-state index in [0.717, 1.165) is 41.8 Å². The lowest BCUT2D eigenvalue weighted by molar-refractivity contribution is -0.140. The Labute approximate surface area is 227 Å². The standard InChI is InChI=1S/C32H31FN2O2S/c33-27-13-10-23(11-14-27)20-35-28-19-25(31(36)34-17-16-24-8-4-5-9-26(24)21-34)12-15-29(28)38-30(32(35)37)18-22-6-2-1-3-7-22/h1-11,13-14,18,25,28-29H,12,15-17,19-21H2/b30-18-. The highest BCUT2D eigenvalue weighted by Crippen LogP contribution is 2.45. The van der Waals surface area contributed by atoms with Gasteiger partial charge in [0.1, 0.15) is 5.82 Å². The number of fused-ring (bicyclic) bond motifs is 2. The fourth-order valence-corrected chi connectivity index (χ4v) is 7.45. The molecule has 3 aromatic carbocycles. The average Bonchev–Trinajstić information content (AvgIpc) is 2.96. The normalized spacial score (nSPS) is 24.2. The van der Waals surface area contributed by atoms with Crippen LogP contribution in [0.3, 0.4) is 0 Å². The first-order valence-electron chi connectivity index (χ1n) is 13.4. The Bertz CT molecular complexity index is 1360. The fraction of sp³-hybridized carbons (Fsp3) is 0.312. The molecule has 3 atom stereocenters. The molecule has 0 radical (unpaired) electrons. The Morgan fingerprint density at radius 2 is 1.68 bits per heavy atom. The Hall–Kier alpha value is -3.38. The van der Waals surface area contributed by atoms with E-state index in [-0.39, 0.29) is 34.8 Å². The number of carbonyl (C=O) groups excluding carboxylic acids is 2. The number of carbonyl (C=O) groups is 2. The van der Waals surface area contributed by atoms with Crippen molar-refractivity contribution in [2.45, 2.75) is 50.1 Å². The maximum absolute atomic E-state index is 13.8. The van der Waals surface area contributed by atoms with Gasteiger partial charge in [-0.1, -0.05) is 66.7 Å². The van der Waals surface area contributed by atoms with Gasteiger partial charge in [0.25, 0.3) is 5.91 Å². The molecular formula is C32H31FN2O2S. The highest BCUT2D eigenvalue weighted by atomic mass is 32.2. The predicted molar refractivity (Wildman–Crippen MR) is 149 cm³/mol. The molecule has 2 amide bonds. The van der Waals surface area contributed by atoms with Gasteiger partial charge in [-0.15, -0.1) is 11.8 Å². The van der Waals surface area contributed by atoms with Gasteiger partial charge in [-0.2, -0.15) is 0 Å². The quantitative estimate of drug-likeness (QED) is 0.388. The van der Waals surface area contributed by atoms with E-state index >= 15 is 0 Å². The smallest absolute Gasteiger partial charge is 0.260 e. The van der Waals surface area contributed by atoms with E-state index in [1.165, 1.54) is 23.3 Å². The molecule has 4 nitrogen and oxygen atoms in total. The Balaban J connectivity index is 1.24. The predicted octanol–water partition coefficient (Wildman–Crippen LogP) is 6.06. The van der Waals surface area contributed by atoms with Crippen molar-refractivity contribution < 1.29 is 14.0 Å². The molecule has 1 saturated heterocycles. The van der Waals surface area contributed by atoms with Gasteiger partial charge in [0.2, 0.25) is 5.91 Å². The number of hydrogen-bond acceptors (Lipinski definition) is 3. The molecule has 38 heavy (non-hydrogen) atoms. The van der Waals surface area contributed by atoms with Crippen molar-refractivity contribution in [3.05, 3.63) is 112 Å². The Morgan fingerprint density at radius 1 is 0.947 bits per heavy atom. The zero-order valence-corrected chi connectivity index (χ0v) is 22.1. The molecule has 0 spiro atoms. The fourth-order valence-electron chi connectivity index (χ4n) is 6.03. The molecule has 0 N–H and O–H groups in total. The lowest BCUT2D eigenvalue weighted by atomic mass is 9.82. The largest absolute Gasteiger partial charge is 0.338 e. The molecule has 3 aromatic rings. The second kappa shape index (κ2) is 10.8. The van der Waals surface area contributed by atoms with Gasteiger partial charge >= 0.3 is 0 Å². The van der Waals surface area contributed by atoms with Gasteiger partial charge in [-0.25, -0.2) is 4.39 Å². The molecule has 2 aliphatic heterocycles. The van der Waals surface area contributed by atoms with E-state index in [2.05, 4.69) is 18.2 Å². The molecule has 2 heterocycles. The first-order chi connectivity index (χ1) is 18.5. The molecule has 6 rings (SSSR count). The van der Waals surface area contributed by atoms with Gasteiger partial charge in [0.15, 0.2) is 0 Å². The summed E-state index contributed by atoms with van der Waals surface area (Å²) in [6, 6.07) is 24.6. The van der Waals surface area contributed by atoms with Crippen molar-refractivity contribution in [1.29, 1.82) is 0 Å². The molecule has 3 unspecified atom stereocenters. The zero-order valence-electron chi connectivity index (χ0n) is 21.3. The number of amides is 2. The molecule has 2 fully saturated rings. The topological polar surface area (TPSA) is 40.6 Å². The van der Waals surface area contributed by atoms with Crippen LogP contribution in [0.15, 0.2) is 83.8 Å². The average molecular weight is 527 g/mol. The van der Waals surface area contributed by atoms with Crippen molar-refractivity contribution in [2.24, 2.45) is 5.92 Å². The van der Waals surface area contributed by atoms with E-state index in [4.69, 9.17) is 0 Å². The van der Waals surface area contributed by atoms with Crippen LogP contribution in [0.4, 0.5) is 4.39 Å². The van der Waals surface area contributed by atoms with Crippen LogP contribution < -0.4 is 0 Å².